The van der Waals surface area contributed by atoms with Crippen molar-refractivity contribution >= 4 is 28.8 Å². The molecule has 21 heavy (non-hydrogen) atoms. The quantitative estimate of drug-likeness (QED) is 0.597. The van der Waals surface area contributed by atoms with Crippen LogP contribution in [0.25, 0.3) is 28.8 Å². The van der Waals surface area contributed by atoms with Gasteiger partial charge in [-0.1, -0.05) is 55.7 Å². The normalized spacial score (nSPS) is 12.6. The number of rotatable bonds is 5. The molecule has 0 aliphatic carbocycles. The fourth-order valence-corrected chi connectivity index (χ4v) is 2.60. The lowest BCUT2D eigenvalue weighted by Gasteiger charge is -2.10. The summed E-state index contributed by atoms with van der Waals surface area (Å²) in [4.78, 5) is 0. The van der Waals surface area contributed by atoms with Gasteiger partial charge in [0.2, 0.25) is 0 Å². The molecule has 0 fully saturated rings. The van der Waals surface area contributed by atoms with Crippen LogP contribution in [0.3, 0.4) is 0 Å². The first-order chi connectivity index (χ1) is 10.3. The summed E-state index contributed by atoms with van der Waals surface area (Å²) in [7, 11) is 0. The van der Waals surface area contributed by atoms with Crippen molar-refractivity contribution in [1.29, 1.82) is 0 Å². The summed E-state index contributed by atoms with van der Waals surface area (Å²) in [5.41, 5.74) is 4.56. The summed E-state index contributed by atoms with van der Waals surface area (Å²) >= 11 is 0. The van der Waals surface area contributed by atoms with E-state index >= 15 is 0 Å². The van der Waals surface area contributed by atoms with E-state index in [1.807, 2.05) is 38.2 Å². The Balaban J connectivity index is 2.94. The van der Waals surface area contributed by atoms with E-state index in [4.69, 9.17) is 0 Å². The molecule has 0 aliphatic rings. The van der Waals surface area contributed by atoms with Crippen LogP contribution in [0.4, 0.5) is 0 Å². The third-order valence-corrected chi connectivity index (χ3v) is 3.36. The van der Waals surface area contributed by atoms with Crippen LogP contribution in [-0.2, 0) is 0 Å². The van der Waals surface area contributed by atoms with Crippen LogP contribution in [0, 0.1) is 0 Å². The zero-order chi connectivity index (χ0) is 15.2. The Morgan fingerprint density at radius 2 is 1.86 bits per heavy atom. The van der Waals surface area contributed by atoms with E-state index in [2.05, 4.69) is 60.2 Å². The number of hydrogen-bond acceptors (Lipinski definition) is 0. The monoisotopic (exact) mass is 275 g/mol. The fraction of sp³-hybridized carbons (Fsp3) is 0.100. The molecule has 0 saturated carbocycles. The van der Waals surface area contributed by atoms with Crippen molar-refractivity contribution in [2.45, 2.75) is 13.8 Å². The van der Waals surface area contributed by atoms with Crippen molar-refractivity contribution in [3.63, 3.8) is 0 Å². The Morgan fingerprint density at radius 3 is 2.48 bits per heavy atom. The summed E-state index contributed by atoms with van der Waals surface area (Å²) in [6, 6.07) is 8.39. The Kier molecular flexibility index (Phi) is 4.78. The van der Waals surface area contributed by atoms with Gasteiger partial charge in [0.1, 0.15) is 0 Å². The van der Waals surface area contributed by atoms with Gasteiger partial charge in [0.15, 0.2) is 0 Å². The highest BCUT2D eigenvalue weighted by molar-refractivity contribution is 5.96. The van der Waals surface area contributed by atoms with Gasteiger partial charge in [0, 0.05) is 16.6 Å². The second-order valence-corrected chi connectivity index (χ2v) is 4.68. The van der Waals surface area contributed by atoms with Gasteiger partial charge in [-0.25, -0.2) is 0 Å². The van der Waals surface area contributed by atoms with E-state index in [-0.39, 0.29) is 0 Å². The molecule has 1 heterocycles. The molecule has 1 aromatic heterocycles. The van der Waals surface area contributed by atoms with Crippen LogP contribution in [0.15, 0.2) is 67.8 Å². The highest BCUT2D eigenvalue weighted by Gasteiger charge is 2.14. The highest BCUT2D eigenvalue weighted by atomic mass is 15.0. The molecule has 1 nitrogen and oxygen atoms in total. The number of benzene rings is 1. The maximum Gasteiger partial charge on any atom is 0.0541 e. The maximum atomic E-state index is 3.98. The molecule has 0 N–H and O–H groups in total. The Morgan fingerprint density at radius 1 is 1.10 bits per heavy atom. The molecule has 1 aromatic carbocycles. The Labute approximate surface area is 126 Å². The van der Waals surface area contributed by atoms with Gasteiger partial charge in [-0.05, 0) is 38.1 Å². The number of allylic oxidation sites excluding steroid dienone is 6. The van der Waals surface area contributed by atoms with E-state index < -0.39 is 0 Å². The second-order valence-electron chi connectivity index (χ2n) is 4.68. The van der Waals surface area contributed by atoms with Gasteiger partial charge in [0.25, 0.3) is 0 Å². The molecular formula is C20H21N. The van der Waals surface area contributed by atoms with Gasteiger partial charge < -0.3 is 4.57 Å². The number of fused-ring (bicyclic) bond motifs is 1. The first kappa shape index (κ1) is 14.9. The van der Waals surface area contributed by atoms with E-state index in [0.717, 1.165) is 17.0 Å². The average Bonchev–Trinajstić information content (AvgIpc) is 2.80. The predicted octanol–water partition coefficient (Wildman–Crippen LogP) is 5.92. The van der Waals surface area contributed by atoms with Crippen molar-refractivity contribution in [2.24, 2.45) is 0 Å². The van der Waals surface area contributed by atoms with Gasteiger partial charge in [-0.2, -0.15) is 0 Å². The summed E-state index contributed by atoms with van der Waals surface area (Å²) in [5.74, 6) is 0. The lowest BCUT2D eigenvalue weighted by molar-refractivity contribution is 1.15. The molecule has 0 bridgehead atoms. The van der Waals surface area contributed by atoms with E-state index in [1.165, 1.54) is 10.9 Å². The van der Waals surface area contributed by atoms with Crippen LogP contribution in [0.5, 0.6) is 0 Å². The number of para-hydroxylation sites is 1. The van der Waals surface area contributed by atoms with Crippen LogP contribution in [0.2, 0.25) is 0 Å². The minimum absolute atomic E-state index is 1.09. The molecule has 0 spiro atoms. The molecule has 0 atom stereocenters. The highest BCUT2D eigenvalue weighted by Crippen LogP contribution is 2.31. The van der Waals surface area contributed by atoms with Gasteiger partial charge >= 0.3 is 0 Å². The molecule has 1 heteroatoms. The Hall–Kier alpha value is -2.54. The molecule has 0 radical (unpaired) electrons. The van der Waals surface area contributed by atoms with Crippen LogP contribution in [-0.4, -0.2) is 4.57 Å². The van der Waals surface area contributed by atoms with Gasteiger partial charge in [-0.15, -0.1) is 0 Å². The maximum absolute atomic E-state index is 3.98. The van der Waals surface area contributed by atoms with Crippen LogP contribution < -0.4 is 0 Å². The molecule has 0 unspecified atom stereocenters. The lowest BCUT2D eigenvalue weighted by atomic mass is 10.1. The third kappa shape index (κ3) is 2.68. The minimum atomic E-state index is 1.09. The smallest absolute Gasteiger partial charge is 0.0541 e. The first-order valence-electron chi connectivity index (χ1n) is 7.12. The molecule has 2 aromatic rings. The molecule has 106 valence electrons. The van der Waals surface area contributed by atoms with Crippen molar-refractivity contribution in [3.8, 4) is 0 Å². The Bertz CT molecular complexity index is 751. The fourth-order valence-electron chi connectivity index (χ4n) is 2.60. The predicted molar refractivity (Wildman–Crippen MR) is 96.0 cm³/mol. The SMILES string of the molecule is C=C/C=C(\C=C/C)n1c(/C=C\C)c(C=C)c2ccccc21. The van der Waals surface area contributed by atoms with Crippen molar-refractivity contribution in [1.82, 2.24) is 4.57 Å². The molecular weight excluding hydrogens is 254 g/mol. The largest absolute Gasteiger partial charge is 0.309 e. The van der Waals surface area contributed by atoms with Crippen LogP contribution in [0.1, 0.15) is 25.1 Å². The third-order valence-electron chi connectivity index (χ3n) is 3.36. The van der Waals surface area contributed by atoms with Crippen molar-refractivity contribution in [2.75, 3.05) is 0 Å². The molecule has 0 amide bonds. The number of aromatic nitrogens is 1. The molecule has 2 rings (SSSR count). The minimum Gasteiger partial charge on any atom is -0.309 e. The molecule has 0 saturated heterocycles. The van der Waals surface area contributed by atoms with E-state index in [1.54, 1.807) is 0 Å². The summed E-state index contributed by atoms with van der Waals surface area (Å²) < 4.78 is 2.24. The summed E-state index contributed by atoms with van der Waals surface area (Å²) in [6.45, 7) is 11.9. The van der Waals surface area contributed by atoms with Crippen LogP contribution >= 0.6 is 0 Å². The summed E-state index contributed by atoms with van der Waals surface area (Å²) in [5, 5.41) is 1.21. The van der Waals surface area contributed by atoms with Crippen molar-refractivity contribution in [3.05, 3.63) is 79.1 Å². The zero-order valence-corrected chi connectivity index (χ0v) is 12.7. The van der Waals surface area contributed by atoms with E-state index in [0.29, 0.717) is 0 Å². The van der Waals surface area contributed by atoms with E-state index in [9.17, 15) is 0 Å². The van der Waals surface area contributed by atoms with Crippen molar-refractivity contribution < 1.29 is 0 Å². The molecule has 0 aliphatic heterocycles. The standard InChI is InChI=1S/C20H21N/c1-5-11-16(12-6-2)21-19(13-7-3)17(8-4)18-14-9-10-15-20(18)21/h5-15H,1,4H2,2-3H3/b12-6-,13-7-,16-11+. The average molecular weight is 275 g/mol. The second kappa shape index (κ2) is 6.76. The number of hydrogen-bond donors (Lipinski definition) is 0. The lowest BCUT2D eigenvalue weighted by Crippen LogP contribution is -1.97. The first-order valence-corrected chi connectivity index (χ1v) is 7.12. The van der Waals surface area contributed by atoms with Gasteiger partial charge in [0.05, 0.1) is 11.2 Å². The summed E-state index contributed by atoms with van der Waals surface area (Å²) in [6.07, 6.45) is 14.1. The zero-order valence-electron chi connectivity index (χ0n) is 12.7. The number of nitrogens with zero attached hydrogens (tertiary/aromatic N) is 1. The van der Waals surface area contributed by atoms with Gasteiger partial charge in [-0.3, -0.25) is 0 Å². The topological polar surface area (TPSA) is 4.93 Å².